The van der Waals surface area contributed by atoms with Gasteiger partial charge in [-0.05, 0) is 12.1 Å². The van der Waals surface area contributed by atoms with Crippen LogP contribution in [0.2, 0.25) is 0 Å². The molecule has 1 aromatic rings. The molecule has 0 radical (unpaired) electrons. The van der Waals surface area contributed by atoms with Crippen molar-refractivity contribution >= 4 is 5.97 Å². The van der Waals surface area contributed by atoms with E-state index >= 15 is 0 Å². The summed E-state index contributed by atoms with van der Waals surface area (Å²) in [5, 5.41) is 0. The van der Waals surface area contributed by atoms with Crippen LogP contribution in [0.4, 0.5) is 0 Å². The Labute approximate surface area is 64.6 Å². The summed E-state index contributed by atoms with van der Waals surface area (Å²) in [5.74, 6) is -0.110. The number of hydrogen-bond acceptors (Lipinski definition) is 2. The summed E-state index contributed by atoms with van der Waals surface area (Å²) in [6.07, 6.45) is 4.57. The summed E-state index contributed by atoms with van der Waals surface area (Å²) in [5.41, 5.74) is 0. The molecule has 2 heterocycles. The third kappa shape index (κ3) is 1.02. The predicted octanol–water partition coefficient (Wildman–Crippen LogP) is 0.976. The van der Waals surface area contributed by atoms with Gasteiger partial charge < -0.3 is 9.30 Å². The first kappa shape index (κ1) is 6.46. The van der Waals surface area contributed by atoms with Crippen molar-refractivity contribution in [3.8, 4) is 0 Å². The van der Waals surface area contributed by atoms with Crippen molar-refractivity contribution in [2.75, 3.05) is 6.61 Å². The smallest absolute Gasteiger partial charge is 0.329 e. The van der Waals surface area contributed by atoms with E-state index in [1.807, 2.05) is 29.1 Å². The molecule has 0 amide bonds. The number of aromatic nitrogens is 1. The number of cyclic esters (lactones) is 1. The molecular formula is C8H9NO2. The lowest BCUT2D eigenvalue weighted by molar-refractivity contribution is -0.140. The summed E-state index contributed by atoms with van der Waals surface area (Å²) in [4.78, 5) is 11.0. The maximum absolute atomic E-state index is 11.0. The van der Waals surface area contributed by atoms with Crippen LogP contribution in [0.3, 0.4) is 0 Å². The number of hydrogen-bond donors (Lipinski definition) is 0. The zero-order valence-corrected chi connectivity index (χ0v) is 6.06. The van der Waals surface area contributed by atoms with Crippen molar-refractivity contribution in [1.82, 2.24) is 4.57 Å². The molecule has 0 N–H and O–H groups in total. The van der Waals surface area contributed by atoms with E-state index in [0.29, 0.717) is 6.61 Å². The molecule has 0 bridgehead atoms. The van der Waals surface area contributed by atoms with E-state index in [1.165, 1.54) is 0 Å². The summed E-state index contributed by atoms with van der Waals surface area (Å²) in [6, 6.07) is 3.74. The lowest BCUT2D eigenvalue weighted by atomic mass is 10.2. The zero-order valence-electron chi connectivity index (χ0n) is 6.06. The van der Waals surface area contributed by atoms with Crippen LogP contribution in [0.1, 0.15) is 12.5 Å². The number of carbonyl (C=O) groups excluding carboxylic acids is 1. The Balaban J connectivity index is 2.23. The molecule has 1 fully saturated rings. The maximum Gasteiger partial charge on any atom is 0.329 e. The minimum absolute atomic E-state index is 0.0787. The van der Waals surface area contributed by atoms with Crippen LogP contribution >= 0.6 is 0 Å². The first-order valence-electron chi connectivity index (χ1n) is 3.67. The molecule has 3 nitrogen and oxygen atoms in total. The van der Waals surface area contributed by atoms with Crippen molar-refractivity contribution in [3.63, 3.8) is 0 Å². The van der Waals surface area contributed by atoms with Crippen molar-refractivity contribution in [2.45, 2.75) is 12.5 Å². The minimum atomic E-state index is -0.110. The molecule has 2 rings (SSSR count). The molecule has 1 saturated heterocycles. The third-order valence-corrected chi connectivity index (χ3v) is 1.90. The van der Waals surface area contributed by atoms with Gasteiger partial charge in [0.15, 0.2) is 0 Å². The normalized spacial score (nSPS) is 23.6. The fraction of sp³-hybridized carbons (Fsp3) is 0.375. The van der Waals surface area contributed by atoms with E-state index in [9.17, 15) is 4.79 Å². The third-order valence-electron chi connectivity index (χ3n) is 1.90. The Bertz CT molecular complexity index is 253. The SMILES string of the molecule is O=C1OCCC1n1cccc1. The fourth-order valence-corrected chi connectivity index (χ4v) is 1.31. The van der Waals surface area contributed by atoms with Gasteiger partial charge in [0.1, 0.15) is 6.04 Å². The Hall–Kier alpha value is -1.25. The molecule has 0 spiro atoms. The van der Waals surface area contributed by atoms with E-state index in [1.54, 1.807) is 0 Å². The van der Waals surface area contributed by atoms with E-state index < -0.39 is 0 Å². The average molecular weight is 151 g/mol. The summed E-state index contributed by atoms with van der Waals surface area (Å²) < 4.78 is 6.71. The van der Waals surface area contributed by atoms with E-state index in [-0.39, 0.29) is 12.0 Å². The molecule has 11 heavy (non-hydrogen) atoms. The number of ether oxygens (including phenoxy) is 1. The van der Waals surface area contributed by atoms with Crippen molar-refractivity contribution in [1.29, 1.82) is 0 Å². The molecule has 0 aliphatic carbocycles. The zero-order chi connectivity index (χ0) is 7.68. The standard InChI is InChI=1S/C8H9NO2/c10-8-7(3-6-11-8)9-4-1-2-5-9/h1-2,4-5,7H,3,6H2. The Kier molecular flexibility index (Phi) is 1.42. The lowest BCUT2D eigenvalue weighted by Gasteiger charge is -2.05. The van der Waals surface area contributed by atoms with Crippen LogP contribution in [0.5, 0.6) is 0 Å². The van der Waals surface area contributed by atoms with Gasteiger partial charge in [0.05, 0.1) is 6.61 Å². The number of carbonyl (C=O) groups is 1. The topological polar surface area (TPSA) is 31.2 Å². The maximum atomic E-state index is 11.0. The van der Waals surface area contributed by atoms with E-state index in [0.717, 1.165) is 6.42 Å². The van der Waals surface area contributed by atoms with Crippen LogP contribution < -0.4 is 0 Å². The van der Waals surface area contributed by atoms with Gasteiger partial charge in [-0.3, -0.25) is 0 Å². The van der Waals surface area contributed by atoms with Gasteiger partial charge >= 0.3 is 5.97 Å². The Morgan fingerprint density at radius 3 is 2.73 bits per heavy atom. The summed E-state index contributed by atoms with van der Waals surface area (Å²) >= 11 is 0. The highest BCUT2D eigenvalue weighted by atomic mass is 16.5. The second-order valence-electron chi connectivity index (χ2n) is 2.60. The molecule has 1 atom stereocenters. The monoisotopic (exact) mass is 151 g/mol. The largest absolute Gasteiger partial charge is 0.464 e. The highest BCUT2D eigenvalue weighted by molar-refractivity contribution is 5.75. The van der Waals surface area contributed by atoms with Crippen LogP contribution in [0, 0.1) is 0 Å². The van der Waals surface area contributed by atoms with Crippen LogP contribution in [0.15, 0.2) is 24.5 Å². The van der Waals surface area contributed by atoms with Crippen LogP contribution in [-0.2, 0) is 9.53 Å². The van der Waals surface area contributed by atoms with Gasteiger partial charge in [0.2, 0.25) is 0 Å². The second-order valence-corrected chi connectivity index (χ2v) is 2.60. The molecule has 1 aliphatic rings. The minimum Gasteiger partial charge on any atom is -0.464 e. The van der Waals surface area contributed by atoms with Crippen LogP contribution in [-0.4, -0.2) is 17.1 Å². The highest BCUT2D eigenvalue weighted by Crippen LogP contribution is 2.19. The predicted molar refractivity (Wildman–Crippen MR) is 39.0 cm³/mol. The van der Waals surface area contributed by atoms with Gasteiger partial charge in [-0.2, -0.15) is 0 Å². The van der Waals surface area contributed by atoms with Gasteiger partial charge in [0, 0.05) is 18.8 Å². The van der Waals surface area contributed by atoms with Crippen molar-refractivity contribution in [2.24, 2.45) is 0 Å². The average Bonchev–Trinajstić information content (AvgIpc) is 2.55. The first-order chi connectivity index (χ1) is 5.38. The molecular weight excluding hydrogens is 142 g/mol. The van der Waals surface area contributed by atoms with Crippen molar-refractivity contribution < 1.29 is 9.53 Å². The second kappa shape index (κ2) is 2.42. The molecule has 0 aromatic carbocycles. The first-order valence-corrected chi connectivity index (χ1v) is 3.67. The molecule has 0 saturated carbocycles. The van der Waals surface area contributed by atoms with Gasteiger partial charge in [-0.1, -0.05) is 0 Å². The Morgan fingerprint density at radius 1 is 1.45 bits per heavy atom. The molecule has 1 aliphatic heterocycles. The molecule has 3 heteroatoms. The number of esters is 1. The highest BCUT2D eigenvalue weighted by Gasteiger charge is 2.26. The van der Waals surface area contributed by atoms with Gasteiger partial charge in [-0.25, -0.2) is 4.79 Å². The lowest BCUT2D eigenvalue weighted by Crippen LogP contribution is -2.11. The van der Waals surface area contributed by atoms with Gasteiger partial charge in [-0.15, -0.1) is 0 Å². The summed E-state index contributed by atoms with van der Waals surface area (Å²) in [6.45, 7) is 0.557. The fourth-order valence-electron chi connectivity index (χ4n) is 1.31. The van der Waals surface area contributed by atoms with Crippen molar-refractivity contribution in [3.05, 3.63) is 24.5 Å². The van der Waals surface area contributed by atoms with E-state index in [2.05, 4.69) is 0 Å². The molecule has 1 aromatic heterocycles. The number of nitrogens with zero attached hydrogens (tertiary/aromatic N) is 1. The number of rotatable bonds is 1. The quantitative estimate of drug-likeness (QED) is 0.560. The van der Waals surface area contributed by atoms with Crippen LogP contribution in [0.25, 0.3) is 0 Å². The molecule has 58 valence electrons. The van der Waals surface area contributed by atoms with E-state index in [4.69, 9.17) is 4.74 Å². The summed E-state index contributed by atoms with van der Waals surface area (Å²) in [7, 11) is 0. The van der Waals surface area contributed by atoms with Gasteiger partial charge in [0.25, 0.3) is 0 Å². The Morgan fingerprint density at radius 2 is 2.18 bits per heavy atom. The molecule has 1 unspecified atom stereocenters.